The first-order chi connectivity index (χ1) is 9.44. The smallest absolute Gasteiger partial charge is 0.407 e. The van der Waals surface area contributed by atoms with Gasteiger partial charge in [-0.2, -0.15) is 0 Å². The Labute approximate surface area is 122 Å². The molecule has 1 aliphatic carbocycles. The largest absolute Gasteiger partial charge is 0.444 e. The summed E-state index contributed by atoms with van der Waals surface area (Å²) in [6.07, 6.45) is 4.65. The van der Waals surface area contributed by atoms with Crippen molar-refractivity contribution in [2.45, 2.75) is 64.1 Å². The van der Waals surface area contributed by atoms with Crippen LogP contribution in [0.4, 0.5) is 4.79 Å². The van der Waals surface area contributed by atoms with Crippen molar-refractivity contribution < 1.29 is 9.53 Å². The van der Waals surface area contributed by atoms with E-state index in [1.165, 1.54) is 25.7 Å². The Morgan fingerprint density at radius 2 is 2.10 bits per heavy atom. The lowest BCUT2D eigenvalue weighted by molar-refractivity contribution is 0.0497. The Morgan fingerprint density at radius 3 is 2.65 bits per heavy atom. The first kappa shape index (κ1) is 15.6. The van der Waals surface area contributed by atoms with Crippen molar-refractivity contribution in [2.24, 2.45) is 5.92 Å². The molecule has 0 aromatic carbocycles. The third-order valence-electron chi connectivity index (χ3n) is 3.81. The predicted molar refractivity (Wildman–Crippen MR) is 79.8 cm³/mol. The Kier molecular flexibility index (Phi) is 5.27. The molecular formula is C15H29N3O2. The van der Waals surface area contributed by atoms with Gasteiger partial charge in [0, 0.05) is 25.2 Å². The van der Waals surface area contributed by atoms with E-state index in [0.717, 1.165) is 19.6 Å². The second kappa shape index (κ2) is 6.76. The van der Waals surface area contributed by atoms with E-state index < -0.39 is 5.60 Å². The van der Waals surface area contributed by atoms with Crippen molar-refractivity contribution in [3.63, 3.8) is 0 Å². The van der Waals surface area contributed by atoms with Crippen LogP contribution in [-0.4, -0.2) is 43.4 Å². The van der Waals surface area contributed by atoms with Crippen LogP contribution in [0.3, 0.4) is 0 Å². The Bertz CT molecular complexity index is 318. The quantitative estimate of drug-likeness (QED) is 0.693. The van der Waals surface area contributed by atoms with Crippen LogP contribution in [0, 0.1) is 5.92 Å². The van der Waals surface area contributed by atoms with Crippen molar-refractivity contribution in [1.29, 1.82) is 0 Å². The van der Waals surface area contributed by atoms with Crippen LogP contribution in [0.25, 0.3) is 0 Å². The summed E-state index contributed by atoms with van der Waals surface area (Å²) in [6.45, 7) is 8.63. The van der Waals surface area contributed by atoms with E-state index >= 15 is 0 Å². The molecule has 1 aliphatic heterocycles. The number of carbonyl (C=O) groups is 1. The molecule has 2 rings (SSSR count). The second-order valence-electron chi connectivity index (χ2n) is 7.04. The van der Waals surface area contributed by atoms with Gasteiger partial charge in [0.2, 0.25) is 0 Å². The molecule has 1 saturated heterocycles. The van der Waals surface area contributed by atoms with E-state index in [0.29, 0.717) is 12.0 Å². The summed E-state index contributed by atoms with van der Waals surface area (Å²) in [5.41, 5.74) is -0.431. The molecule has 2 unspecified atom stereocenters. The van der Waals surface area contributed by atoms with E-state index in [2.05, 4.69) is 16.0 Å². The lowest BCUT2D eigenvalue weighted by atomic mass is 10.1. The molecule has 1 saturated carbocycles. The fourth-order valence-corrected chi connectivity index (χ4v) is 2.64. The first-order valence-electron chi connectivity index (χ1n) is 7.87. The van der Waals surface area contributed by atoms with Crippen LogP contribution < -0.4 is 16.0 Å². The first-order valence-corrected chi connectivity index (χ1v) is 7.87. The summed E-state index contributed by atoms with van der Waals surface area (Å²) in [4.78, 5) is 11.8. The maximum Gasteiger partial charge on any atom is 0.407 e. The number of nitrogens with one attached hydrogen (secondary N) is 3. The minimum absolute atomic E-state index is 0.200. The van der Waals surface area contributed by atoms with Gasteiger partial charge >= 0.3 is 6.09 Å². The molecule has 20 heavy (non-hydrogen) atoms. The molecule has 0 spiro atoms. The van der Waals surface area contributed by atoms with Crippen LogP contribution in [0.5, 0.6) is 0 Å². The molecule has 3 N–H and O–H groups in total. The van der Waals surface area contributed by atoms with Crippen LogP contribution in [-0.2, 0) is 4.74 Å². The third-order valence-corrected chi connectivity index (χ3v) is 3.81. The number of alkyl carbamates (subject to hydrolysis) is 1. The molecule has 2 aliphatic rings. The van der Waals surface area contributed by atoms with Gasteiger partial charge in [-0.1, -0.05) is 0 Å². The highest BCUT2D eigenvalue weighted by atomic mass is 16.6. The van der Waals surface area contributed by atoms with Crippen molar-refractivity contribution in [3.8, 4) is 0 Å². The van der Waals surface area contributed by atoms with Gasteiger partial charge in [0.1, 0.15) is 5.60 Å². The molecule has 0 radical (unpaired) electrons. The number of amides is 1. The van der Waals surface area contributed by atoms with Crippen molar-refractivity contribution in [2.75, 3.05) is 19.6 Å². The zero-order chi connectivity index (χ0) is 14.6. The lowest BCUT2D eigenvalue weighted by Gasteiger charge is -2.24. The molecule has 0 aromatic heterocycles. The number of carbonyl (C=O) groups excluding carboxylic acids is 1. The van der Waals surface area contributed by atoms with Gasteiger partial charge in [-0.15, -0.1) is 0 Å². The van der Waals surface area contributed by atoms with Gasteiger partial charge in [0.25, 0.3) is 0 Å². The maximum atomic E-state index is 11.8. The second-order valence-corrected chi connectivity index (χ2v) is 7.04. The summed E-state index contributed by atoms with van der Waals surface area (Å²) in [5.74, 6) is 0.617. The van der Waals surface area contributed by atoms with Crippen molar-refractivity contribution >= 4 is 6.09 Å². The van der Waals surface area contributed by atoms with Gasteiger partial charge in [0.15, 0.2) is 0 Å². The monoisotopic (exact) mass is 283 g/mol. The zero-order valence-electron chi connectivity index (χ0n) is 13.0. The Balaban J connectivity index is 1.68. The lowest BCUT2D eigenvalue weighted by Crippen LogP contribution is -2.47. The topological polar surface area (TPSA) is 62.4 Å². The average molecular weight is 283 g/mol. The van der Waals surface area contributed by atoms with Gasteiger partial charge < -0.3 is 20.7 Å². The van der Waals surface area contributed by atoms with Crippen LogP contribution in [0.15, 0.2) is 0 Å². The third kappa shape index (κ3) is 5.67. The highest BCUT2D eigenvalue weighted by molar-refractivity contribution is 5.68. The van der Waals surface area contributed by atoms with E-state index in [-0.39, 0.29) is 12.1 Å². The molecule has 116 valence electrons. The minimum atomic E-state index is -0.431. The average Bonchev–Trinajstić information content (AvgIpc) is 3.04. The van der Waals surface area contributed by atoms with Gasteiger partial charge in [-0.3, -0.25) is 0 Å². The molecule has 5 heteroatoms. The highest BCUT2D eigenvalue weighted by Crippen LogP contribution is 2.32. The summed E-state index contributed by atoms with van der Waals surface area (Å²) < 4.78 is 5.34. The number of hydrogen-bond acceptors (Lipinski definition) is 4. The van der Waals surface area contributed by atoms with E-state index in [9.17, 15) is 4.79 Å². The summed E-state index contributed by atoms with van der Waals surface area (Å²) in [7, 11) is 0. The summed E-state index contributed by atoms with van der Waals surface area (Å²) in [6, 6.07) is 0.794. The minimum Gasteiger partial charge on any atom is -0.444 e. The molecule has 1 amide bonds. The molecular weight excluding hydrogens is 254 g/mol. The van der Waals surface area contributed by atoms with Crippen LogP contribution in [0.2, 0.25) is 0 Å². The fourth-order valence-electron chi connectivity index (χ4n) is 2.64. The molecule has 1 heterocycles. The van der Waals surface area contributed by atoms with Gasteiger partial charge in [0.05, 0.1) is 0 Å². The summed E-state index contributed by atoms with van der Waals surface area (Å²) >= 11 is 0. The zero-order valence-corrected chi connectivity index (χ0v) is 13.0. The van der Waals surface area contributed by atoms with Crippen molar-refractivity contribution in [3.05, 3.63) is 0 Å². The van der Waals surface area contributed by atoms with Gasteiger partial charge in [-0.05, 0) is 58.9 Å². The van der Waals surface area contributed by atoms with E-state index in [4.69, 9.17) is 4.74 Å². The maximum absolute atomic E-state index is 11.8. The fraction of sp³-hybridized carbons (Fsp3) is 0.933. The van der Waals surface area contributed by atoms with Crippen LogP contribution in [0.1, 0.15) is 46.5 Å². The highest BCUT2D eigenvalue weighted by Gasteiger charge is 2.33. The normalized spacial score (nSPS) is 24.4. The SMILES string of the molecule is CC(C)(C)OC(=O)NC(CNCC1CCCN1)C1CC1. The molecule has 2 fully saturated rings. The molecule has 0 bridgehead atoms. The number of ether oxygens (including phenoxy) is 1. The van der Waals surface area contributed by atoms with Crippen molar-refractivity contribution in [1.82, 2.24) is 16.0 Å². The Morgan fingerprint density at radius 1 is 1.35 bits per heavy atom. The standard InChI is InChI=1S/C15H29N3O2/c1-15(2,3)20-14(19)18-13(11-6-7-11)10-16-9-12-5-4-8-17-12/h11-13,16-17H,4-10H2,1-3H3,(H,18,19). The Hall–Kier alpha value is -0.810. The number of rotatable bonds is 6. The van der Waals surface area contributed by atoms with E-state index in [1.807, 2.05) is 20.8 Å². The molecule has 5 nitrogen and oxygen atoms in total. The van der Waals surface area contributed by atoms with E-state index in [1.54, 1.807) is 0 Å². The van der Waals surface area contributed by atoms with Gasteiger partial charge in [-0.25, -0.2) is 4.79 Å². The molecule has 2 atom stereocenters. The molecule has 0 aromatic rings. The number of hydrogen-bond donors (Lipinski definition) is 3. The van der Waals surface area contributed by atoms with Crippen LogP contribution >= 0.6 is 0 Å². The summed E-state index contributed by atoms with van der Waals surface area (Å²) in [5, 5.41) is 9.97. The predicted octanol–water partition coefficient (Wildman–Crippen LogP) is 1.63.